The van der Waals surface area contributed by atoms with E-state index in [0.29, 0.717) is 5.69 Å². The molecule has 0 saturated heterocycles. The number of hydrogen-bond acceptors (Lipinski definition) is 3. The first-order valence-corrected chi connectivity index (χ1v) is 7.32. The molecule has 2 aromatic carbocycles. The third kappa shape index (κ3) is 2.97. The number of para-hydroxylation sites is 1. The topological polar surface area (TPSA) is 45.5 Å². The van der Waals surface area contributed by atoms with Crippen LogP contribution in [0.1, 0.15) is 0 Å². The van der Waals surface area contributed by atoms with Crippen LogP contribution in [0.3, 0.4) is 0 Å². The molecule has 116 valence electrons. The number of fused-ring (bicyclic) bond motifs is 1. The molecule has 0 radical (unpaired) electrons. The highest BCUT2D eigenvalue weighted by Crippen LogP contribution is 2.34. The number of nitrogens with zero attached hydrogens (tertiary/aromatic N) is 1. The van der Waals surface area contributed by atoms with Crippen molar-refractivity contribution in [2.45, 2.75) is 0 Å². The lowest BCUT2D eigenvalue weighted by molar-refractivity contribution is -0.111. The van der Waals surface area contributed by atoms with Gasteiger partial charge >= 0.3 is 0 Å². The summed E-state index contributed by atoms with van der Waals surface area (Å²) in [4.78, 5) is 13.6. The van der Waals surface area contributed by atoms with Gasteiger partial charge in [-0.15, -0.1) is 0 Å². The number of carbonyl (C=O) groups is 1. The molecule has 3 rings (SSSR count). The zero-order valence-corrected chi connectivity index (χ0v) is 13.2. The van der Waals surface area contributed by atoms with Crippen molar-refractivity contribution in [2.75, 3.05) is 24.3 Å². The van der Waals surface area contributed by atoms with E-state index in [1.54, 1.807) is 0 Å². The van der Waals surface area contributed by atoms with Crippen molar-refractivity contribution in [2.24, 2.45) is 0 Å². The van der Waals surface area contributed by atoms with Crippen LogP contribution in [0.2, 0.25) is 0 Å². The van der Waals surface area contributed by atoms with E-state index in [2.05, 4.69) is 11.9 Å². The maximum absolute atomic E-state index is 11.6. The van der Waals surface area contributed by atoms with Crippen molar-refractivity contribution >= 4 is 28.3 Å². The summed E-state index contributed by atoms with van der Waals surface area (Å²) in [7, 11) is 3.98. The Hall–Kier alpha value is -3.01. The van der Waals surface area contributed by atoms with Crippen LogP contribution in [-0.4, -0.2) is 20.0 Å². The van der Waals surface area contributed by atoms with E-state index >= 15 is 0 Å². The van der Waals surface area contributed by atoms with Crippen LogP contribution in [0.5, 0.6) is 0 Å². The molecule has 3 aromatic rings. The maximum atomic E-state index is 11.6. The Morgan fingerprint density at radius 3 is 2.70 bits per heavy atom. The molecule has 0 aliphatic heterocycles. The van der Waals surface area contributed by atoms with Crippen molar-refractivity contribution in [3.05, 3.63) is 61.2 Å². The van der Waals surface area contributed by atoms with E-state index in [9.17, 15) is 4.79 Å². The summed E-state index contributed by atoms with van der Waals surface area (Å²) in [5.74, 6) is 0.472. The summed E-state index contributed by atoms with van der Waals surface area (Å²) < 4.78 is 6.00. The second-order valence-corrected chi connectivity index (χ2v) is 5.47. The Morgan fingerprint density at radius 2 is 1.96 bits per heavy atom. The largest absolute Gasteiger partial charge is 0.456 e. The Bertz CT molecular complexity index is 878. The summed E-state index contributed by atoms with van der Waals surface area (Å²) in [5, 5.41) is 3.83. The first kappa shape index (κ1) is 14.9. The molecule has 4 heteroatoms. The van der Waals surface area contributed by atoms with Crippen molar-refractivity contribution < 1.29 is 9.21 Å². The van der Waals surface area contributed by atoms with E-state index in [1.807, 2.05) is 67.5 Å². The number of hydrogen-bond donors (Lipinski definition) is 1. The fourth-order valence-corrected chi connectivity index (χ4v) is 2.42. The van der Waals surface area contributed by atoms with Gasteiger partial charge in [0.1, 0.15) is 11.3 Å². The molecule has 23 heavy (non-hydrogen) atoms. The number of rotatable bonds is 4. The average Bonchev–Trinajstić information content (AvgIpc) is 2.98. The van der Waals surface area contributed by atoms with Crippen molar-refractivity contribution in [3.8, 4) is 11.3 Å². The minimum Gasteiger partial charge on any atom is -0.456 e. The molecule has 1 N–H and O–H groups in total. The molecule has 1 aromatic heterocycles. The second kappa shape index (κ2) is 6.01. The van der Waals surface area contributed by atoms with Crippen LogP contribution in [0.15, 0.2) is 65.6 Å². The van der Waals surface area contributed by atoms with E-state index < -0.39 is 0 Å². The van der Waals surface area contributed by atoms with Gasteiger partial charge in [-0.25, -0.2) is 0 Å². The maximum Gasteiger partial charge on any atom is 0.247 e. The molecule has 1 heterocycles. The normalized spacial score (nSPS) is 10.5. The zero-order chi connectivity index (χ0) is 16.4. The molecule has 4 nitrogen and oxygen atoms in total. The minimum atomic E-state index is -0.247. The molecule has 0 unspecified atom stereocenters. The van der Waals surface area contributed by atoms with Crippen LogP contribution in [0.25, 0.3) is 22.3 Å². The number of anilines is 2. The van der Waals surface area contributed by atoms with Gasteiger partial charge in [0, 0.05) is 36.8 Å². The molecule has 0 bridgehead atoms. The highest BCUT2D eigenvalue weighted by molar-refractivity contribution is 6.02. The molecule has 1 amide bonds. The van der Waals surface area contributed by atoms with Gasteiger partial charge < -0.3 is 14.6 Å². The lowest BCUT2D eigenvalue weighted by Crippen LogP contribution is -2.08. The fourth-order valence-electron chi connectivity index (χ4n) is 2.42. The van der Waals surface area contributed by atoms with Gasteiger partial charge in [0.05, 0.1) is 5.69 Å². The summed E-state index contributed by atoms with van der Waals surface area (Å²) in [6, 6.07) is 15.6. The van der Waals surface area contributed by atoms with Crippen molar-refractivity contribution in [1.29, 1.82) is 0 Å². The van der Waals surface area contributed by atoms with Gasteiger partial charge in [-0.3, -0.25) is 4.79 Å². The van der Waals surface area contributed by atoms with E-state index in [4.69, 9.17) is 4.42 Å². The van der Waals surface area contributed by atoms with Crippen molar-refractivity contribution in [3.63, 3.8) is 0 Å². The number of nitrogens with one attached hydrogen (secondary N) is 1. The Kier molecular flexibility index (Phi) is 3.89. The average molecular weight is 306 g/mol. The van der Waals surface area contributed by atoms with Gasteiger partial charge in [0.15, 0.2) is 0 Å². The third-order valence-electron chi connectivity index (χ3n) is 3.66. The van der Waals surface area contributed by atoms with E-state index in [0.717, 1.165) is 28.0 Å². The van der Waals surface area contributed by atoms with Crippen LogP contribution in [0, 0.1) is 0 Å². The summed E-state index contributed by atoms with van der Waals surface area (Å²) >= 11 is 0. The zero-order valence-electron chi connectivity index (χ0n) is 13.2. The van der Waals surface area contributed by atoms with Crippen molar-refractivity contribution in [1.82, 2.24) is 0 Å². The minimum absolute atomic E-state index is 0.247. The molecule has 0 aliphatic carbocycles. The molecule has 0 aliphatic rings. The predicted octanol–water partition coefficient (Wildman–Crippen LogP) is 4.29. The second-order valence-electron chi connectivity index (χ2n) is 5.47. The summed E-state index contributed by atoms with van der Waals surface area (Å²) in [5.41, 5.74) is 3.43. The fraction of sp³-hybridized carbons (Fsp3) is 0.105. The number of carbonyl (C=O) groups excluding carboxylic acids is 1. The SMILES string of the molecule is C=CC(=O)Nc1ccccc1-c1cc2ccc(N(C)C)cc2o1. The number of benzene rings is 2. The Morgan fingerprint density at radius 1 is 1.17 bits per heavy atom. The third-order valence-corrected chi connectivity index (χ3v) is 3.66. The summed E-state index contributed by atoms with van der Waals surface area (Å²) in [6.07, 6.45) is 1.25. The first-order valence-electron chi connectivity index (χ1n) is 7.32. The van der Waals surface area contributed by atoms with Gasteiger partial charge in [-0.05, 0) is 36.4 Å². The molecule has 0 atom stereocenters. The van der Waals surface area contributed by atoms with E-state index in [-0.39, 0.29) is 5.91 Å². The molecule has 0 fully saturated rings. The monoisotopic (exact) mass is 306 g/mol. The predicted molar refractivity (Wildman–Crippen MR) is 94.8 cm³/mol. The number of amides is 1. The van der Waals surface area contributed by atoms with E-state index in [1.165, 1.54) is 6.08 Å². The molecular formula is C19H18N2O2. The van der Waals surface area contributed by atoms with Crippen LogP contribution in [-0.2, 0) is 4.79 Å². The Labute approximate surface area is 135 Å². The highest BCUT2D eigenvalue weighted by atomic mass is 16.3. The lowest BCUT2D eigenvalue weighted by Gasteiger charge is -2.11. The van der Waals surface area contributed by atoms with Gasteiger partial charge in [-0.1, -0.05) is 18.7 Å². The van der Waals surface area contributed by atoms with Crippen LogP contribution < -0.4 is 10.2 Å². The highest BCUT2D eigenvalue weighted by Gasteiger charge is 2.12. The smallest absolute Gasteiger partial charge is 0.247 e. The number of furan rings is 1. The molecule has 0 saturated carbocycles. The quantitative estimate of drug-likeness (QED) is 0.731. The molecule has 0 spiro atoms. The van der Waals surface area contributed by atoms with Gasteiger partial charge in [0.2, 0.25) is 5.91 Å². The van der Waals surface area contributed by atoms with Crippen LogP contribution in [0.4, 0.5) is 11.4 Å². The Balaban J connectivity index is 2.06. The molecular weight excluding hydrogens is 288 g/mol. The standard InChI is InChI=1S/C19H18N2O2/c1-4-19(22)20-16-8-6-5-7-15(16)18-11-13-9-10-14(21(2)3)12-17(13)23-18/h4-12H,1H2,2-3H3,(H,20,22). The van der Waals surface area contributed by atoms with Gasteiger partial charge in [0.25, 0.3) is 0 Å². The van der Waals surface area contributed by atoms with Gasteiger partial charge in [-0.2, -0.15) is 0 Å². The lowest BCUT2D eigenvalue weighted by atomic mass is 10.1. The van der Waals surface area contributed by atoms with Crippen LogP contribution >= 0.6 is 0 Å². The first-order chi connectivity index (χ1) is 11.1. The summed E-state index contributed by atoms with van der Waals surface area (Å²) in [6.45, 7) is 3.48.